The van der Waals surface area contributed by atoms with Gasteiger partial charge in [0.15, 0.2) is 0 Å². The molecule has 1 aliphatic carbocycles. The quantitative estimate of drug-likeness (QED) is 0.895. The van der Waals surface area contributed by atoms with Gasteiger partial charge in [-0.15, -0.1) is 0 Å². The molecule has 0 spiro atoms. The molecule has 1 saturated heterocycles. The van der Waals surface area contributed by atoms with Crippen LogP contribution in [-0.4, -0.2) is 58.5 Å². The van der Waals surface area contributed by atoms with Gasteiger partial charge in [0.1, 0.15) is 5.60 Å². The number of rotatable bonds is 3. The second-order valence-electron chi connectivity index (χ2n) is 7.43. The summed E-state index contributed by atoms with van der Waals surface area (Å²) in [5, 5.41) is 9.86. The molecule has 1 N–H and O–H groups in total. The highest BCUT2D eigenvalue weighted by molar-refractivity contribution is 5.95. The van der Waals surface area contributed by atoms with Crippen LogP contribution in [0.3, 0.4) is 0 Å². The van der Waals surface area contributed by atoms with Gasteiger partial charge in [-0.1, -0.05) is 42.5 Å². The van der Waals surface area contributed by atoms with Crippen molar-refractivity contribution in [3.05, 3.63) is 65.8 Å². The Kier molecular flexibility index (Phi) is 5.61. The Balaban J connectivity index is 1.62. The number of allylic oxidation sites excluding steroid dienone is 6. The van der Waals surface area contributed by atoms with E-state index in [9.17, 15) is 14.7 Å². The number of nitrogens with zero attached hydrogens (tertiary/aromatic N) is 2. The first-order chi connectivity index (χ1) is 12.9. The Bertz CT molecular complexity index is 790. The molecule has 142 valence electrons. The van der Waals surface area contributed by atoms with Crippen molar-refractivity contribution in [2.45, 2.75) is 25.9 Å². The van der Waals surface area contributed by atoms with E-state index in [1.54, 1.807) is 9.80 Å². The molecule has 3 rings (SSSR count). The van der Waals surface area contributed by atoms with Gasteiger partial charge in [0.05, 0.1) is 0 Å². The van der Waals surface area contributed by atoms with Crippen molar-refractivity contribution in [1.82, 2.24) is 9.80 Å². The molecule has 1 heterocycles. The summed E-state index contributed by atoms with van der Waals surface area (Å²) in [5.41, 5.74) is 1.61. The van der Waals surface area contributed by atoms with Crippen molar-refractivity contribution >= 4 is 17.4 Å². The van der Waals surface area contributed by atoms with Crippen LogP contribution in [0.15, 0.2) is 54.6 Å². The summed E-state index contributed by atoms with van der Waals surface area (Å²) in [6.45, 7) is 4.82. The molecule has 0 radical (unpaired) electrons. The zero-order valence-electron chi connectivity index (χ0n) is 15.9. The van der Waals surface area contributed by atoms with Gasteiger partial charge < -0.3 is 14.9 Å². The van der Waals surface area contributed by atoms with Gasteiger partial charge in [0, 0.05) is 31.7 Å². The monoisotopic (exact) mass is 366 g/mol. The number of hydrogen-bond acceptors (Lipinski definition) is 3. The van der Waals surface area contributed by atoms with Gasteiger partial charge in [-0.25, -0.2) is 0 Å². The SMILES string of the molecule is CC(C)(O)C(=O)N1CCN(C(=O)c2ccc(C3=CC=CC=CC3)cc2)CC1. The molecular formula is C22H26N2O3. The smallest absolute Gasteiger partial charge is 0.254 e. The predicted molar refractivity (Wildman–Crippen MR) is 106 cm³/mol. The molecule has 1 aromatic rings. The number of benzene rings is 1. The first-order valence-corrected chi connectivity index (χ1v) is 9.30. The Morgan fingerprint density at radius 2 is 1.56 bits per heavy atom. The molecule has 0 unspecified atom stereocenters. The lowest BCUT2D eigenvalue weighted by Crippen LogP contribution is -2.55. The zero-order chi connectivity index (χ0) is 19.4. The molecule has 2 aliphatic rings. The van der Waals surface area contributed by atoms with E-state index in [1.807, 2.05) is 42.5 Å². The number of hydrogen-bond donors (Lipinski definition) is 1. The minimum absolute atomic E-state index is 0.0217. The van der Waals surface area contributed by atoms with E-state index in [1.165, 1.54) is 19.4 Å². The van der Waals surface area contributed by atoms with Crippen LogP contribution in [0.2, 0.25) is 0 Å². The first kappa shape index (κ1) is 19.1. The Hall–Kier alpha value is -2.66. The number of amides is 2. The lowest BCUT2D eigenvalue weighted by atomic mass is 10.0. The summed E-state index contributed by atoms with van der Waals surface area (Å²) in [7, 11) is 0. The van der Waals surface area contributed by atoms with Gasteiger partial charge in [0.25, 0.3) is 11.8 Å². The van der Waals surface area contributed by atoms with Crippen molar-refractivity contribution in [2.24, 2.45) is 0 Å². The molecule has 2 amide bonds. The highest BCUT2D eigenvalue weighted by atomic mass is 16.3. The van der Waals surface area contributed by atoms with Crippen LogP contribution >= 0.6 is 0 Å². The summed E-state index contributed by atoms with van der Waals surface area (Å²) < 4.78 is 0. The lowest BCUT2D eigenvalue weighted by molar-refractivity contribution is -0.149. The molecule has 0 bridgehead atoms. The first-order valence-electron chi connectivity index (χ1n) is 9.30. The van der Waals surface area contributed by atoms with E-state index in [2.05, 4.69) is 12.2 Å². The maximum atomic E-state index is 12.8. The van der Waals surface area contributed by atoms with Gasteiger partial charge >= 0.3 is 0 Å². The molecule has 1 aliphatic heterocycles. The molecular weight excluding hydrogens is 340 g/mol. The zero-order valence-corrected chi connectivity index (χ0v) is 15.9. The van der Waals surface area contributed by atoms with Crippen LogP contribution in [0.25, 0.3) is 5.57 Å². The van der Waals surface area contributed by atoms with E-state index in [0.29, 0.717) is 31.7 Å². The van der Waals surface area contributed by atoms with Crippen LogP contribution in [0.5, 0.6) is 0 Å². The third kappa shape index (κ3) is 4.55. The van der Waals surface area contributed by atoms with Crippen LogP contribution in [0.4, 0.5) is 0 Å². The van der Waals surface area contributed by atoms with Crippen molar-refractivity contribution in [1.29, 1.82) is 0 Å². The Morgan fingerprint density at radius 1 is 0.926 bits per heavy atom. The maximum absolute atomic E-state index is 12.8. The number of carbonyl (C=O) groups is 2. The summed E-state index contributed by atoms with van der Waals surface area (Å²) in [4.78, 5) is 28.3. The highest BCUT2D eigenvalue weighted by Crippen LogP contribution is 2.22. The number of aliphatic hydroxyl groups is 1. The summed E-state index contributed by atoms with van der Waals surface area (Å²) in [5.74, 6) is -0.315. The van der Waals surface area contributed by atoms with E-state index in [-0.39, 0.29) is 11.8 Å². The number of piperazine rings is 1. The third-order valence-electron chi connectivity index (χ3n) is 4.87. The van der Waals surface area contributed by atoms with Crippen LogP contribution in [-0.2, 0) is 4.79 Å². The fourth-order valence-electron chi connectivity index (χ4n) is 3.30. The minimum atomic E-state index is -1.38. The fourth-order valence-corrected chi connectivity index (χ4v) is 3.30. The number of carbonyl (C=O) groups excluding carboxylic acids is 2. The summed E-state index contributed by atoms with van der Waals surface area (Å²) in [6, 6.07) is 7.70. The maximum Gasteiger partial charge on any atom is 0.254 e. The third-order valence-corrected chi connectivity index (χ3v) is 4.87. The van der Waals surface area contributed by atoms with E-state index in [0.717, 1.165) is 12.0 Å². The van der Waals surface area contributed by atoms with Crippen LogP contribution in [0, 0.1) is 0 Å². The van der Waals surface area contributed by atoms with Crippen molar-refractivity contribution < 1.29 is 14.7 Å². The molecule has 1 fully saturated rings. The lowest BCUT2D eigenvalue weighted by Gasteiger charge is -2.37. The van der Waals surface area contributed by atoms with Crippen LogP contribution < -0.4 is 0 Å². The summed E-state index contributed by atoms with van der Waals surface area (Å²) in [6.07, 6.45) is 11.1. The largest absolute Gasteiger partial charge is 0.381 e. The van der Waals surface area contributed by atoms with Crippen molar-refractivity contribution in [2.75, 3.05) is 26.2 Å². The average molecular weight is 366 g/mol. The molecule has 5 nitrogen and oxygen atoms in total. The molecule has 1 aromatic carbocycles. The molecule has 27 heavy (non-hydrogen) atoms. The molecule has 0 aromatic heterocycles. The van der Waals surface area contributed by atoms with Crippen LogP contribution in [0.1, 0.15) is 36.2 Å². The van der Waals surface area contributed by atoms with Crippen molar-refractivity contribution in [3.63, 3.8) is 0 Å². The standard InChI is InChI=1S/C22H26N2O3/c1-22(2,27)21(26)24-15-13-23(14-16-24)20(25)19-11-9-18(10-12-19)17-7-5-3-4-6-8-17/h3-7,9-12,27H,8,13-16H2,1-2H3. The second-order valence-corrected chi connectivity index (χ2v) is 7.43. The fraction of sp³-hybridized carbons (Fsp3) is 0.364. The normalized spacial score (nSPS) is 17.5. The second kappa shape index (κ2) is 7.92. The van der Waals surface area contributed by atoms with E-state index in [4.69, 9.17) is 0 Å². The molecule has 0 atom stereocenters. The molecule has 5 heteroatoms. The van der Waals surface area contributed by atoms with Gasteiger partial charge in [-0.2, -0.15) is 0 Å². The Labute approximate surface area is 160 Å². The topological polar surface area (TPSA) is 60.9 Å². The predicted octanol–water partition coefficient (Wildman–Crippen LogP) is 2.64. The average Bonchev–Trinajstić information content (AvgIpc) is 2.96. The Morgan fingerprint density at radius 3 is 2.19 bits per heavy atom. The van der Waals surface area contributed by atoms with E-state index >= 15 is 0 Å². The minimum Gasteiger partial charge on any atom is -0.381 e. The van der Waals surface area contributed by atoms with Crippen molar-refractivity contribution in [3.8, 4) is 0 Å². The van der Waals surface area contributed by atoms with E-state index < -0.39 is 5.60 Å². The van der Waals surface area contributed by atoms with Gasteiger partial charge in [-0.3, -0.25) is 9.59 Å². The van der Waals surface area contributed by atoms with Gasteiger partial charge in [0.2, 0.25) is 0 Å². The van der Waals surface area contributed by atoms with Gasteiger partial charge in [-0.05, 0) is 43.5 Å². The summed E-state index contributed by atoms with van der Waals surface area (Å²) >= 11 is 0. The molecule has 0 saturated carbocycles. The highest BCUT2D eigenvalue weighted by Gasteiger charge is 2.32.